The molecule has 4 fully saturated rings. The van der Waals surface area contributed by atoms with E-state index >= 15 is 0 Å². The molecule has 4 rings (SSSR count). The molecule has 4 heterocycles. The maximum absolute atomic E-state index is 13.6. The minimum atomic E-state index is -1.94. The van der Waals surface area contributed by atoms with Crippen molar-refractivity contribution in [1.29, 1.82) is 0 Å². The van der Waals surface area contributed by atoms with Gasteiger partial charge in [-0.05, 0) is 60.3 Å². The van der Waals surface area contributed by atoms with Gasteiger partial charge in [0.25, 0.3) is 0 Å². The van der Waals surface area contributed by atoms with E-state index in [0.29, 0.717) is 25.7 Å². The van der Waals surface area contributed by atoms with Gasteiger partial charge in [0.1, 0.15) is 67.1 Å². The number of esters is 2. The fourth-order valence-electron chi connectivity index (χ4n) is 9.06. The molecule has 0 aliphatic carbocycles. The predicted octanol–water partition coefficient (Wildman–Crippen LogP) is 2.02. The Hall–Kier alpha value is -2.49. The second-order valence-corrected chi connectivity index (χ2v) is 19.8. The van der Waals surface area contributed by atoms with Crippen molar-refractivity contribution in [3.63, 3.8) is 0 Å². The van der Waals surface area contributed by atoms with Crippen molar-refractivity contribution in [2.45, 2.75) is 274 Å². The third-order valence-corrected chi connectivity index (χ3v) is 14.2. The van der Waals surface area contributed by atoms with Crippen LogP contribution >= 0.6 is 0 Å². The number of carboxylic acids is 1. The lowest BCUT2D eigenvalue weighted by atomic mass is 9.95. The average molecular weight is 1040 g/mol. The van der Waals surface area contributed by atoms with Crippen LogP contribution in [0.1, 0.15) is 145 Å². The van der Waals surface area contributed by atoms with Crippen LogP contribution in [0, 0.1) is 5.92 Å². The first-order valence-electron chi connectivity index (χ1n) is 26.1. The van der Waals surface area contributed by atoms with Crippen molar-refractivity contribution in [1.82, 2.24) is 0 Å². The van der Waals surface area contributed by atoms with E-state index < -0.39 is 153 Å². The molecule has 22 heteroatoms. The number of unbranched alkanes of at least 4 members (excludes halogenated alkanes) is 8. The number of rotatable bonds is 28. The first-order valence-corrected chi connectivity index (χ1v) is 26.1. The van der Waals surface area contributed by atoms with Gasteiger partial charge >= 0.3 is 17.9 Å². The normalized spacial score (nSPS) is 38.5. The average Bonchev–Trinajstić information content (AvgIpc) is 3.35. The van der Waals surface area contributed by atoms with Crippen molar-refractivity contribution in [2.24, 2.45) is 5.92 Å². The van der Waals surface area contributed by atoms with Gasteiger partial charge < -0.3 is 93.3 Å². The zero-order valence-corrected chi connectivity index (χ0v) is 43.2. The molecule has 0 radical (unpaired) electrons. The zero-order valence-electron chi connectivity index (χ0n) is 43.2. The molecular weight excluding hydrogens is 953 g/mol. The Morgan fingerprint density at radius 3 is 1.68 bits per heavy atom. The van der Waals surface area contributed by atoms with Crippen LogP contribution in [0.25, 0.3) is 0 Å². The number of allylic oxidation sites excluding steroid dienone is 1. The van der Waals surface area contributed by atoms with E-state index in [2.05, 4.69) is 6.92 Å². The van der Waals surface area contributed by atoms with E-state index in [1.807, 2.05) is 0 Å². The Morgan fingerprint density at radius 1 is 0.569 bits per heavy atom. The summed E-state index contributed by atoms with van der Waals surface area (Å²) in [6, 6.07) is 0. The van der Waals surface area contributed by atoms with Crippen LogP contribution in [0.4, 0.5) is 0 Å². The highest BCUT2D eigenvalue weighted by atomic mass is 16.8. The lowest BCUT2D eigenvalue weighted by Crippen LogP contribution is -2.67. The first kappa shape index (κ1) is 62.1. The van der Waals surface area contributed by atoms with Gasteiger partial charge in [0, 0.05) is 12.0 Å². The van der Waals surface area contributed by atoms with Crippen LogP contribution in [-0.4, -0.2) is 199 Å². The number of hydrogen-bond donors (Lipinski definition) is 9. The highest BCUT2D eigenvalue weighted by molar-refractivity contribution is 5.87. The summed E-state index contributed by atoms with van der Waals surface area (Å²) in [5, 5.41) is 99.0. The summed E-state index contributed by atoms with van der Waals surface area (Å²) < 4.78 is 61.1. The molecule has 22 nitrogen and oxygen atoms in total. The van der Waals surface area contributed by atoms with Crippen LogP contribution < -0.4 is 0 Å². The summed E-state index contributed by atoms with van der Waals surface area (Å²) in [4.78, 5) is 37.0. The van der Waals surface area contributed by atoms with E-state index in [-0.39, 0.29) is 18.1 Å². The third-order valence-electron chi connectivity index (χ3n) is 14.2. The van der Waals surface area contributed by atoms with Gasteiger partial charge in [-0.2, -0.15) is 0 Å². The van der Waals surface area contributed by atoms with Crippen molar-refractivity contribution in [3.05, 3.63) is 11.6 Å². The molecule has 4 aliphatic heterocycles. The topological polar surface area (TPSA) is 326 Å². The van der Waals surface area contributed by atoms with Crippen LogP contribution in [0.3, 0.4) is 0 Å². The Balaban J connectivity index is 1.62. The third kappa shape index (κ3) is 17.0. The van der Waals surface area contributed by atoms with Gasteiger partial charge in [-0.3, -0.25) is 9.59 Å². The lowest BCUT2D eigenvalue weighted by Gasteiger charge is -2.50. The molecule has 0 unspecified atom stereocenters. The zero-order chi connectivity index (χ0) is 53.4. The summed E-state index contributed by atoms with van der Waals surface area (Å²) >= 11 is 0. The summed E-state index contributed by atoms with van der Waals surface area (Å²) in [5.41, 5.74) is 0.243. The van der Waals surface area contributed by atoms with Crippen LogP contribution in [0.2, 0.25) is 0 Å². The first-order chi connectivity index (χ1) is 34.2. The van der Waals surface area contributed by atoms with E-state index in [9.17, 15) is 55.2 Å². The van der Waals surface area contributed by atoms with E-state index in [4.69, 9.17) is 52.5 Å². The van der Waals surface area contributed by atoms with Gasteiger partial charge in [0.2, 0.25) is 0 Å². The van der Waals surface area contributed by atoms with Gasteiger partial charge in [-0.25, -0.2) is 4.79 Å². The molecular formula is C50H86O22. The second kappa shape index (κ2) is 30.3. The molecule has 4 saturated heterocycles. The molecule has 4 aliphatic rings. The summed E-state index contributed by atoms with van der Waals surface area (Å²) in [7, 11) is 0. The smallest absolute Gasteiger partial charge is 0.333 e. The molecule has 22 atom stereocenters. The SMILES string of the molecule is C/C=C(\C)C(=O)O[C@H]1[C@H](O)[C@@H](O)[C@H](O[C@@H]2[C@@H](O)[C@H](C)O[C@@H](O[C@H]3[C@H](O[C@H]4[C@H](O[C@H](CCCCC)CCCCCCCCCC(=O)O)O[C@H](C)[C@@H](O)[C@@H]4O)O[C@H](CO)[C@@H](O)[C@@H]3O)[C@@H]2OC(=O)[C@H](C)CC)O[C@@H]1C. The van der Waals surface area contributed by atoms with Crippen molar-refractivity contribution < 1.29 is 108 Å². The quantitative estimate of drug-likeness (QED) is 0.0307. The number of ether oxygens (including phenoxy) is 10. The lowest BCUT2D eigenvalue weighted by molar-refractivity contribution is -0.400. The van der Waals surface area contributed by atoms with Gasteiger partial charge in [-0.15, -0.1) is 0 Å². The number of aliphatic carboxylic acids is 1. The number of carboxylic acid groups (broad SMARTS) is 1. The van der Waals surface area contributed by atoms with E-state index in [1.54, 1.807) is 27.7 Å². The molecule has 0 spiro atoms. The number of carbonyl (C=O) groups excluding carboxylic acids is 2. The minimum absolute atomic E-state index is 0.156. The molecule has 9 N–H and O–H groups in total. The van der Waals surface area contributed by atoms with E-state index in [1.165, 1.54) is 26.8 Å². The molecule has 0 aromatic rings. The van der Waals surface area contributed by atoms with Gasteiger partial charge in [-0.1, -0.05) is 84.6 Å². The summed E-state index contributed by atoms with van der Waals surface area (Å²) in [6.45, 7) is 12.2. The Labute approximate surface area is 423 Å². The number of carbonyl (C=O) groups is 3. The van der Waals surface area contributed by atoms with E-state index in [0.717, 1.165) is 57.8 Å². The number of hydrogen-bond acceptors (Lipinski definition) is 21. The monoisotopic (exact) mass is 1040 g/mol. The second-order valence-electron chi connectivity index (χ2n) is 19.8. The van der Waals surface area contributed by atoms with Crippen molar-refractivity contribution in [3.8, 4) is 0 Å². The Kier molecular flexibility index (Phi) is 26.1. The minimum Gasteiger partial charge on any atom is -0.481 e. The molecule has 418 valence electrons. The fourth-order valence-corrected chi connectivity index (χ4v) is 9.06. The van der Waals surface area contributed by atoms with Gasteiger partial charge in [0.05, 0.1) is 36.9 Å². The molecule has 0 saturated carbocycles. The van der Waals surface area contributed by atoms with Crippen molar-refractivity contribution in [2.75, 3.05) is 6.61 Å². The molecule has 0 bridgehead atoms. The highest BCUT2D eigenvalue weighted by Gasteiger charge is 2.57. The summed E-state index contributed by atoms with van der Waals surface area (Å²) in [5.74, 6) is -3.06. The predicted molar refractivity (Wildman–Crippen MR) is 252 cm³/mol. The molecule has 72 heavy (non-hydrogen) atoms. The van der Waals surface area contributed by atoms with Gasteiger partial charge in [0.15, 0.2) is 37.4 Å². The number of aliphatic hydroxyl groups excluding tert-OH is 8. The van der Waals surface area contributed by atoms with Crippen LogP contribution in [0.5, 0.6) is 0 Å². The maximum atomic E-state index is 13.6. The standard InChI is InChI=1S/C50H86O22/c1-9-12-18-21-30(22-19-16-14-13-15-17-20-23-32(52)53)66-48-42(36(57)33(54)27(6)63-48)71-49-43(37(58)35(56)31(24-51)67-49)72-50-44(69-46(62)26(5)11-3)41(34(55)28(7)64-50)70-47-39(60)38(59)40(29(8)65-47)68-45(61)25(4)10-2/h10,26-31,33-44,47-51,54-60H,9,11-24H2,1-8H3,(H,52,53)/b25-10+/t26-,27-,28+,29-,30-,31-,33-,34+,35-,36+,37+,38-,39-,40-,41-,42-,43-,44-,47+,48+,49+,50+/m1/s1. The maximum Gasteiger partial charge on any atom is 0.333 e. The molecule has 0 aromatic carbocycles. The molecule has 0 aromatic heterocycles. The summed E-state index contributed by atoms with van der Waals surface area (Å²) in [6.07, 6.45) is -19.9. The number of aliphatic hydroxyl groups is 8. The largest absolute Gasteiger partial charge is 0.481 e. The highest BCUT2D eigenvalue weighted by Crippen LogP contribution is 2.37. The van der Waals surface area contributed by atoms with Crippen LogP contribution in [-0.2, 0) is 61.8 Å². The Bertz CT molecular complexity index is 1650. The van der Waals surface area contributed by atoms with Crippen LogP contribution in [0.15, 0.2) is 11.6 Å². The molecule has 0 amide bonds. The Morgan fingerprint density at radius 2 is 1.08 bits per heavy atom. The van der Waals surface area contributed by atoms with Crippen molar-refractivity contribution >= 4 is 17.9 Å². The fraction of sp³-hybridized carbons (Fsp3) is 0.900.